The average Bonchev–Trinajstić information content (AvgIpc) is 2.21. The summed E-state index contributed by atoms with van der Waals surface area (Å²) in [4.78, 5) is 21.8. The van der Waals surface area contributed by atoms with Gasteiger partial charge in [0.15, 0.2) is 0 Å². The van der Waals surface area contributed by atoms with Crippen molar-refractivity contribution in [2.24, 2.45) is 0 Å². The fourth-order valence-corrected chi connectivity index (χ4v) is 1.21. The second kappa shape index (κ2) is 5.16. The molecule has 3 N–H and O–H groups in total. The number of anilines is 1. The molecule has 0 spiro atoms. The molecule has 16 heavy (non-hydrogen) atoms. The van der Waals surface area contributed by atoms with Gasteiger partial charge in [0.1, 0.15) is 5.75 Å². The molecule has 1 aromatic rings. The lowest BCUT2D eigenvalue weighted by Gasteiger charge is -2.07. The Morgan fingerprint density at radius 3 is 2.56 bits per heavy atom. The predicted molar refractivity (Wildman–Crippen MR) is 58.6 cm³/mol. The second-order valence-electron chi connectivity index (χ2n) is 3.34. The molecule has 86 valence electrons. The minimum absolute atomic E-state index is 0.0222. The van der Waals surface area contributed by atoms with E-state index in [0.717, 1.165) is 6.07 Å². The quantitative estimate of drug-likeness (QED) is 0.679. The van der Waals surface area contributed by atoms with Crippen molar-refractivity contribution in [3.05, 3.63) is 23.8 Å². The van der Waals surface area contributed by atoms with Crippen LogP contribution in [0.25, 0.3) is 0 Å². The molecule has 5 nitrogen and oxygen atoms in total. The fourth-order valence-electron chi connectivity index (χ4n) is 1.21. The van der Waals surface area contributed by atoms with Crippen LogP contribution in [0.4, 0.5) is 5.69 Å². The number of hydrogen-bond acceptors (Lipinski definition) is 3. The van der Waals surface area contributed by atoms with Gasteiger partial charge in [-0.2, -0.15) is 0 Å². The summed E-state index contributed by atoms with van der Waals surface area (Å²) in [7, 11) is 0. The molecular weight excluding hydrogens is 210 g/mol. The molecule has 1 aromatic carbocycles. The number of phenolic OH excluding ortho intramolecular Hbond substituents is 1. The number of nitrogens with one attached hydrogen (secondary N) is 1. The molecule has 0 fully saturated rings. The zero-order valence-electron chi connectivity index (χ0n) is 8.86. The maximum Gasteiger partial charge on any atom is 0.335 e. The van der Waals surface area contributed by atoms with Gasteiger partial charge in [0, 0.05) is 6.42 Å². The van der Waals surface area contributed by atoms with Crippen LogP contribution in [0.2, 0.25) is 0 Å². The smallest absolute Gasteiger partial charge is 0.335 e. The Balaban J connectivity index is 2.83. The molecule has 0 aliphatic heterocycles. The number of benzene rings is 1. The molecule has 0 aliphatic carbocycles. The Labute approximate surface area is 92.7 Å². The highest BCUT2D eigenvalue weighted by Crippen LogP contribution is 2.24. The summed E-state index contributed by atoms with van der Waals surface area (Å²) in [6, 6.07) is 3.79. The standard InChI is InChI=1S/C11H13NO4/c1-2-3-10(14)12-8-5-4-7(11(15)16)6-9(8)13/h4-6,13H,2-3H2,1H3,(H,12,14)(H,15,16). The number of carbonyl (C=O) groups excluding carboxylic acids is 1. The summed E-state index contributed by atoms with van der Waals surface area (Å²) in [5.41, 5.74) is 0.203. The largest absolute Gasteiger partial charge is 0.506 e. The van der Waals surface area contributed by atoms with E-state index in [1.807, 2.05) is 6.92 Å². The van der Waals surface area contributed by atoms with Crippen molar-refractivity contribution in [1.82, 2.24) is 0 Å². The first-order valence-corrected chi connectivity index (χ1v) is 4.90. The number of carboxylic acid groups (broad SMARTS) is 1. The first-order chi connectivity index (χ1) is 7.54. The highest BCUT2D eigenvalue weighted by atomic mass is 16.4. The van der Waals surface area contributed by atoms with Crippen molar-refractivity contribution in [3.63, 3.8) is 0 Å². The lowest BCUT2D eigenvalue weighted by molar-refractivity contribution is -0.116. The van der Waals surface area contributed by atoms with Gasteiger partial charge in [0.05, 0.1) is 11.3 Å². The number of aromatic hydroxyl groups is 1. The molecule has 0 saturated carbocycles. The molecule has 0 atom stereocenters. The van der Waals surface area contributed by atoms with Crippen LogP contribution in [-0.2, 0) is 4.79 Å². The van der Waals surface area contributed by atoms with E-state index in [4.69, 9.17) is 5.11 Å². The molecule has 0 unspecified atom stereocenters. The SMILES string of the molecule is CCCC(=O)Nc1ccc(C(=O)O)cc1O. The summed E-state index contributed by atoms with van der Waals surface area (Å²) in [6.07, 6.45) is 1.07. The predicted octanol–water partition coefficient (Wildman–Crippen LogP) is 1.83. The Hall–Kier alpha value is -2.04. The second-order valence-corrected chi connectivity index (χ2v) is 3.34. The molecule has 0 radical (unpaired) electrons. The number of hydrogen-bond donors (Lipinski definition) is 3. The zero-order chi connectivity index (χ0) is 12.1. The van der Waals surface area contributed by atoms with Crippen molar-refractivity contribution in [2.75, 3.05) is 5.32 Å². The van der Waals surface area contributed by atoms with Gasteiger partial charge in [-0.15, -0.1) is 0 Å². The van der Waals surface area contributed by atoms with Crippen molar-refractivity contribution >= 4 is 17.6 Å². The van der Waals surface area contributed by atoms with Gasteiger partial charge >= 0.3 is 5.97 Å². The van der Waals surface area contributed by atoms with Crippen molar-refractivity contribution < 1.29 is 19.8 Å². The molecule has 1 amide bonds. The normalized spacial score (nSPS) is 9.81. The summed E-state index contributed by atoms with van der Waals surface area (Å²) < 4.78 is 0. The maximum atomic E-state index is 11.2. The molecule has 1 rings (SSSR count). The van der Waals surface area contributed by atoms with E-state index in [0.29, 0.717) is 12.8 Å². The van der Waals surface area contributed by atoms with E-state index in [9.17, 15) is 14.7 Å². The molecule has 0 bridgehead atoms. The van der Waals surface area contributed by atoms with Crippen LogP contribution < -0.4 is 5.32 Å². The van der Waals surface area contributed by atoms with Crippen LogP contribution in [0, 0.1) is 0 Å². The number of amides is 1. The maximum absolute atomic E-state index is 11.2. The van der Waals surface area contributed by atoms with Crippen LogP contribution in [0.1, 0.15) is 30.1 Å². The molecule has 0 aliphatic rings. The van der Waals surface area contributed by atoms with Crippen LogP contribution in [0.15, 0.2) is 18.2 Å². The topological polar surface area (TPSA) is 86.6 Å². The van der Waals surface area contributed by atoms with E-state index in [1.54, 1.807) is 0 Å². The van der Waals surface area contributed by atoms with E-state index in [1.165, 1.54) is 12.1 Å². The van der Waals surface area contributed by atoms with Crippen LogP contribution in [0.3, 0.4) is 0 Å². The summed E-state index contributed by atoms with van der Waals surface area (Å²) in [6.45, 7) is 1.87. The number of aromatic carboxylic acids is 1. The fraction of sp³-hybridized carbons (Fsp3) is 0.273. The Kier molecular flexibility index (Phi) is 3.88. The third kappa shape index (κ3) is 2.98. The molecule has 0 saturated heterocycles. The minimum atomic E-state index is -1.12. The summed E-state index contributed by atoms with van der Waals surface area (Å²) >= 11 is 0. The lowest BCUT2D eigenvalue weighted by Crippen LogP contribution is -2.11. The molecular formula is C11H13NO4. The summed E-state index contributed by atoms with van der Waals surface area (Å²) in [5, 5.41) is 20.6. The van der Waals surface area contributed by atoms with E-state index in [2.05, 4.69) is 5.32 Å². The summed E-state index contributed by atoms with van der Waals surface area (Å²) in [5.74, 6) is -1.58. The number of rotatable bonds is 4. The van der Waals surface area contributed by atoms with Gasteiger partial charge in [0.2, 0.25) is 5.91 Å². The Morgan fingerprint density at radius 2 is 2.06 bits per heavy atom. The van der Waals surface area contributed by atoms with Crippen LogP contribution in [0.5, 0.6) is 5.75 Å². The van der Waals surface area contributed by atoms with Crippen molar-refractivity contribution in [1.29, 1.82) is 0 Å². The van der Waals surface area contributed by atoms with Crippen LogP contribution in [-0.4, -0.2) is 22.1 Å². The van der Waals surface area contributed by atoms with Gasteiger partial charge < -0.3 is 15.5 Å². The van der Waals surface area contributed by atoms with Crippen molar-refractivity contribution in [2.45, 2.75) is 19.8 Å². The highest BCUT2D eigenvalue weighted by Gasteiger charge is 2.09. The third-order valence-corrected chi connectivity index (χ3v) is 2.00. The Bertz CT molecular complexity index is 414. The number of phenols is 1. The van der Waals surface area contributed by atoms with Gasteiger partial charge in [-0.3, -0.25) is 4.79 Å². The van der Waals surface area contributed by atoms with E-state index >= 15 is 0 Å². The monoisotopic (exact) mass is 223 g/mol. The highest BCUT2D eigenvalue weighted by molar-refractivity contribution is 5.94. The minimum Gasteiger partial charge on any atom is -0.506 e. The zero-order valence-corrected chi connectivity index (χ0v) is 8.86. The molecule has 5 heteroatoms. The number of carbonyl (C=O) groups is 2. The average molecular weight is 223 g/mol. The number of carboxylic acids is 1. The molecule has 0 aromatic heterocycles. The van der Waals surface area contributed by atoms with Gasteiger partial charge in [-0.05, 0) is 24.6 Å². The van der Waals surface area contributed by atoms with Gasteiger partial charge in [0.25, 0.3) is 0 Å². The Morgan fingerprint density at radius 1 is 1.38 bits per heavy atom. The van der Waals surface area contributed by atoms with E-state index < -0.39 is 5.97 Å². The first-order valence-electron chi connectivity index (χ1n) is 4.90. The van der Waals surface area contributed by atoms with E-state index in [-0.39, 0.29) is 22.9 Å². The van der Waals surface area contributed by atoms with Gasteiger partial charge in [-0.25, -0.2) is 4.79 Å². The van der Waals surface area contributed by atoms with Crippen molar-refractivity contribution in [3.8, 4) is 5.75 Å². The molecule has 0 heterocycles. The lowest BCUT2D eigenvalue weighted by atomic mass is 10.2. The third-order valence-electron chi connectivity index (χ3n) is 2.00. The van der Waals surface area contributed by atoms with Gasteiger partial charge in [-0.1, -0.05) is 6.92 Å². The van der Waals surface area contributed by atoms with Crippen LogP contribution >= 0.6 is 0 Å². The first kappa shape index (κ1) is 12.0.